The van der Waals surface area contributed by atoms with Crippen molar-refractivity contribution < 1.29 is 52.7 Å². The number of nitrogens with two attached hydrogens (primary N) is 1. The highest BCUT2D eigenvalue weighted by atomic mass is 16.7. The van der Waals surface area contributed by atoms with Crippen LogP contribution in [-0.4, -0.2) is 61.5 Å². The van der Waals surface area contributed by atoms with E-state index in [2.05, 4.69) is 4.74 Å². The highest BCUT2D eigenvalue weighted by Crippen LogP contribution is 2.31. The Morgan fingerprint density at radius 3 is 2.03 bits per heavy atom. The summed E-state index contributed by atoms with van der Waals surface area (Å²) in [5.74, 6) is -1.68. The molecule has 12 heteroatoms. The Balaban J connectivity index is 3.16. The highest BCUT2D eigenvalue weighted by Gasteiger charge is 2.37. The van der Waals surface area contributed by atoms with Crippen LogP contribution in [0, 0.1) is 0 Å². The second kappa shape index (κ2) is 13.9. The molecule has 0 saturated carbocycles. The fraction of sp³-hybridized carbons (Fsp3) is 0.545. The zero-order chi connectivity index (χ0) is 25.7. The predicted molar refractivity (Wildman–Crippen MR) is 117 cm³/mol. The van der Waals surface area contributed by atoms with Crippen LogP contribution in [0.25, 0.3) is 0 Å². The Hall–Kier alpha value is -3.54. The number of carboxylic acids is 1. The number of methoxy groups -OCH3 is 1. The number of rotatable bonds is 12. The lowest BCUT2D eigenvalue weighted by Crippen LogP contribution is -2.52. The van der Waals surface area contributed by atoms with E-state index < -0.39 is 36.1 Å². The lowest BCUT2D eigenvalue weighted by Gasteiger charge is -2.27. The molecule has 0 spiro atoms. The van der Waals surface area contributed by atoms with E-state index in [4.69, 9.17) is 29.4 Å². The standard InChI is InChI=1S/C22H31NO11/c1-5-9-30-20(27)33-16-8-7-15(11-17(16)34-21(28)31-10-6-2)13-22(23,18(24)25)12-14(3)32-19(26)29-4/h7-8,11,14H,5-6,9-10,12-13,23H2,1-4H3,(H,24,25)/t14-,22?/m0/s1. The van der Waals surface area contributed by atoms with Crippen molar-refractivity contribution in [2.24, 2.45) is 5.73 Å². The van der Waals surface area contributed by atoms with Gasteiger partial charge in [-0.3, -0.25) is 4.79 Å². The van der Waals surface area contributed by atoms with Gasteiger partial charge in [0.15, 0.2) is 11.5 Å². The van der Waals surface area contributed by atoms with Crippen LogP contribution in [0.3, 0.4) is 0 Å². The van der Waals surface area contributed by atoms with Crippen molar-refractivity contribution in [3.05, 3.63) is 23.8 Å². The Labute approximate surface area is 197 Å². The van der Waals surface area contributed by atoms with Crippen LogP contribution in [0.5, 0.6) is 11.5 Å². The van der Waals surface area contributed by atoms with Crippen LogP contribution in [0.4, 0.5) is 14.4 Å². The molecule has 12 nitrogen and oxygen atoms in total. The summed E-state index contributed by atoms with van der Waals surface area (Å²) < 4.78 is 29.3. The number of hydrogen-bond acceptors (Lipinski definition) is 11. The van der Waals surface area contributed by atoms with Crippen molar-refractivity contribution in [1.29, 1.82) is 0 Å². The molecule has 0 aromatic heterocycles. The molecule has 0 aliphatic heterocycles. The third-order valence-corrected chi connectivity index (χ3v) is 4.30. The van der Waals surface area contributed by atoms with Gasteiger partial charge < -0.3 is 39.3 Å². The Morgan fingerprint density at radius 2 is 1.53 bits per heavy atom. The molecule has 0 saturated heterocycles. The first kappa shape index (κ1) is 28.5. The SMILES string of the molecule is CCCOC(=O)Oc1ccc(CC(N)(C[C@H](C)OC(=O)OC)C(=O)O)cc1OC(=O)OCCC. The zero-order valence-corrected chi connectivity index (χ0v) is 19.7. The molecule has 0 aliphatic carbocycles. The largest absolute Gasteiger partial charge is 0.513 e. The first-order valence-electron chi connectivity index (χ1n) is 10.6. The van der Waals surface area contributed by atoms with Crippen LogP contribution < -0.4 is 15.2 Å². The Bertz CT molecular complexity index is 857. The fourth-order valence-corrected chi connectivity index (χ4v) is 2.80. The van der Waals surface area contributed by atoms with Gasteiger partial charge in [-0.25, -0.2) is 14.4 Å². The van der Waals surface area contributed by atoms with Gasteiger partial charge in [-0.15, -0.1) is 0 Å². The molecule has 0 bridgehead atoms. The van der Waals surface area contributed by atoms with Crippen LogP contribution in [0.2, 0.25) is 0 Å². The van der Waals surface area contributed by atoms with Gasteiger partial charge in [0.2, 0.25) is 0 Å². The maximum Gasteiger partial charge on any atom is 0.513 e. The summed E-state index contributed by atoms with van der Waals surface area (Å²) in [6.07, 6.45) is -3.24. The number of aliphatic carboxylic acids is 1. The topological polar surface area (TPSA) is 170 Å². The molecule has 0 radical (unpaired) electrons. The van der Waals surface area contributed by atoms with E-state index in [0.29, 0.717) is 18.4 Å². The minimum absolute atomic E-state index is 0.107. The second-order valence-electron chi connectivity index (χ2n) is 7.41. The van der Waals surface area contributed by atoms with Crippen LogP contribution in [0.1, 0.15) is 45.6 Å². The van der Waals surface area contributed by atoms with Crippen LogP contribution >= 0.6 is 0 Å². The summed E-state index contributed by atoms with van der Waals surface area (Å²) in [5, 5.41) is 9.71. The fourth-order valence-electron chi connectivity index (χ4n) is 2.80. The molecule has 0 fully saturated rings. The third kappa shape index (κ3) is 9.53. The summed E-state index contributed by atoms with van der Waals surface area (Å²) in [6.45, 7) is 5.31. The average Bonchev–Trinajstić information content (AvgIpc) is 2.77. The lowest BCUT2D eigenvalue weighted by molar-refractivity contribution is -0.144. The van der Waals surface area contributed by atoms with Gasteiger partial charge in [0.25, 0.3) is 0 Å². The van der Waals surface area contributed by atoms with Gasteiger partial charge in [-0.1, -0.05) is 19.9 Å². The summed E-state index contributed by atoms with van der Waals surface area (Å²) in [5.41, 5.74) is 4.60. The molecule has 1 aromatic rings. The molecule has 0 amide bonds. The number of carbonyl (C=O) groups excluding carboxylic acids is 3. The van der Waals surface area contributed by atoms with Crippen molar-refractivity contribution in [3.8, 4) is 11.5 Å². The van der Waals surface area contributed by atoms with Gasteiger partial charge in [-0.05, 0) is 37.5 Å². The van der Waals surface area contributed by atoms with Gasteiger partial charge in [0, 0.05) is 12.8 Å². The summed E-state index contributed by atoms with van der Waals surface area (Å²) >= 11 is 0. The van der Waals surface area contributed by atoms with E-state index in [-0.39, 0.29) is 37.6 Å². The summed E-state index contributed by atoms with van der Waals surface area (Å²) in [6, 6.07) is 4.05. The molecule has 34 heavy (non-hydrogen) atoms. The normalized spacial score (nSPS) is 13.1. The molecule has 1 unspecified atom stereocenters. The first-order chi connectivity index (χ1) is 16.0. The molecular formula is C22H31NO11. The second-order valence-corrected chi connectivity index (χ2v) is 7.41. The Kier molecular flexibility index (Phi) is 11.6. The first-order valence-corrected chi connectivity index (χ1v) is 10.6. The summed E-state index contributed by atoms with van der Waals surface area (Å²) in [7, 11) is 1.12. The number of benzene rings is 1. The predicted octanol–water partition coefficient (Wildman–Crippen LogP) is 3.42. The maximum atomic E-state index is 12.0. The molecule has 2 atom stereocenters. The van der Waals surface area contributed by atoms with E-state index in [9.17, 15) is 24.3 Å². The average molecular weight is 485 g/mol. The molecule has 190 valence electrons. The number of ether oxygens (including phenoxy) is 6. The molecule has 0 aliphatic rings. The minimum atomic E-state index is -1.85. The van der Waals surface area contributed by atoms with Gasteiger partial charge in [0.1, 0.15) is 11.6 Å². The van der Waals surface area contributed by atoms with E-state index in [1.807, 2.05) is 0 Å². The smallest absolute Gasteiger partial charge is 0.480 e. The van der Waals surface area contributed by atoms with Crippen LogP contribution in [-0.2, 0) is 30.2 Å². The lowest BCUT2D eigenvalue weighted by atomic mass is 9.86. The Morgan fingerprint density at radius 1 is 0.971 bits per heavy atom. The maximum absolute atomic E-state index is 12.0. The van der Waals surface area contributed by atoms with Crippen LogP contribution in [0.15, 0.2) is 18.2 Å². The van der Waals surface area contributed by atoms with Crippen molar-refractivity contribution in [2.45, 2.75) is 58.1 Å². The minimum Gasteiger partial charge on any atom is -0.480 e. The number of carboxylic acid groups (broad SMARTS) is 1. The zero-order valence-electron chi connectivity index (χ0n) is 19.7. The molecule has 3 N–H and O–H groups in total. The van der Waals surface area contributed by atoms with E-state index >= 15 is 0 Å². The number of carbonyl (C=O) groups is 4. The van der Waals surface area contributed by atoms with Crippen molar-refractivity contribution in [2.75, 3.05) is 20.3 Å². The van der Waals surface area contributed by atoms with E-state index in [1.165, 1.54) is 25.1 Å². The van der Waals surface area contributed by atoms with E-state index in [0.717, 1.165) is 7.11 Å². The monoisotopic (exact) mass is 485 g/mol. The van der Waals surface area contributed by atoms with E-state index in [1.54, 1.807) is 13.8 Å². The quantitative estimate of drug-likeness (QED) is 0.251. The third-order valence-electron chi connectivity index (χ3n) is 4.30. The molecule has 1 rings (SSSR count). The van der Waals surface area contributed by atoms with Crippen molar-refractivity contribution in [1.82, 2.24) is 0 Å². The molecule has 1 aromatic carbocycles. The highest BCUT2D eigenvalue weighted by molar-refractivity contribution is 5.79. The molecular weight excluding hydrogens is 454 g/mol. The summed E-state index contributed by atoms with van der Waals surface area (Å²) in [4.78, 5) is 47.0. The molecule has 0 heterocycles. The van der Waals surface area contributed by atoms with Gasteiger partial charge in [-0.2, -0.15) is 0 Å². The van der Waals surface area contributed by atoms with Crippen molar-refractivity contribution >= 4 is 24.4 Å². The van der Waals surface area contributed by atoms with Crippen molar-refractivity contribution in [3.63, 3.8) is 0 Å². The van der Waals surface area contributed by atoms with Gasteiger partial charge >= 0.3 is 24.4 Å². The van der Waals surface area contributed by atoms with Gasteiger partial charge in [0.05, 0.1) is 20.3 Å². The number of hydrogen-bond donors (Lipinski definition) is 2.